The lowest BCUT2D eigenvalue weighted by molar-refractivity contribution is 1.09. The number of nitrogens with zero attached hydrogens (tertiary/aromatic N) is 4. The summed E-state index contributed by atoms with van der Waals surface area (Å²) in [5.41, 5.74) is 11.1. The Morgan fingerprint density at radius 1 is 0.417 bits per heavy atom. The SMILES string of the molecule is Cc1c(C#N)c(-n2c3ccccc3c3ccccc32)c(-n2c3ccccc3c3ccccc32)c2c3ccccc3n(-c3ccccc3)c12. The van der Waals surface area contributed by atoms with Gasteiger partial charge in [-0.15, -0.1) is 0 Å². The lowest BCUT2D eigenvalue weighted by Gasteiger charge is -2.22. The fourth-order valence-electron chi connectivity index (χ4n) is 8.11. The van der Waals surface area contributed by atoms with E-state index in [4.69, 9.17) is 0 Å². The van der Waals surface area contributed by atoms with Crippen LogP contribution in [0.3, 0.4) is 0 Å². The van der Waals surface area contributed by atoms with E-state index in [1.807, 2.05) is 0 Å². The van der Waals surface area contributed by atoms with Crippen LogP contribution in [-0.4, -0.2) is 13.7 Å². The molecule has 4 nitrogen and oxygen atoms in total. The molecular formula is C44H28N4. The summed E-state index contributed by atoms with van der Waals surface area (Å²) in [7, 11) is 0. The van der Waals surface area contributed by atoms with Gasteiger partial charge >= 0.3 is 0 Å². The fraction of sp³-hybridized carbons (Fsp3) is 0.0227. The summed E-state index contributed by atoms with van der Waals surface area (Å²) in [6.45, 7) is 2.12. The van der Waals surface area contributed by atoms with Crippen molar-refractivity contribution in [3.63, 3.8) is 0 Å². The van der Waals surface area contributed by atoms with E-state index in [1.54, 1.807) is 0 Å². The van der Waals surface area contributed by atoms with Crippen molar-refractivity contribution < 1.29 is 0 Å². The molecule has 3 aromatic heterocycles. The average Bonchev–Trinajstić information content (AvgIpc) is 3.78. The van der Waals surface area contributed by atoms with Crippen molar-refractivity contribution in [3.05, 3.63) is 163 Å². The highest BCUT2D eigenvalue weighted by Gasteiger charge is 2.29. The molecule has 0 aliphatic rings. The Balaban J connectivity index is 1.56. The van der Waals surface area contributed by atoms with Crippen molar-refractivity contribution >= 4 is 65.4 Å². The summed E-state index contributed by atoms with van der Waals surface area (Å²) in [6.07, 6.45) is 0. The molecule has 0 amide bonds. The lowest BCUT2D eigenvalue weighted by atomic mass is 9.98. The smallest absolute Gasteiger partial charge is 0.102 e. The Morgan fingerprint density at radius 2 is 0.792 bits per heavy atom. The highest BCUT2D eigenvalue weighted by atomic mass is 15.1. The predicted octanol–water partition coefficient (Wildman–Crippen LogP) is 11.2. The Hall–Kier alpha value is -6.57. The van der Waals surface area contributed by atoms with Crippen LogP contribution in [0.1, 0.15) is 11.1 Å². The Bertz CT molecular complexity index is 2860. The number of aryl methyl sites for hydroxylation is 1. The highest BCUT2D eigenvalue weighted by Crippen LogP contribution is 2.47. The first kappa shape index (κ1) is 26.6. The van der Waals surface area contributed by atoms with Gasteiger partial charge in [-0.3, -0.25) is 0 Å². The van der Waals surface area contributed by atoms with Crippen molar-refractivity contribution in [2.24, 2.45) is 0 Å². The summed E-state index contributed by atoms with van der Waals surface area (Å²) in [6, 6.07) is 56.3. The molecule has 0 saturated carbocycles. The van der Waals surface area contributed by atoms with E-state index in [0.717, 1.165) is 77.3 Å². The second-order valence-electron chi connectivity index (χ2n) is 12.5. The molecule has 10 rings (SSSR count). The first-order valence-electron chi connectivity index (χ1n) is 16.3. The molecule has 10 aromatic rings. The van der Waals surface area contributed by atoms with E-state index < -0.39 is 0 Å². The third-order valence-corrected chi connectivity index (χ3v) is 10.0. The molecule has 0 aliphatic heterocycles. The Morgan fingerprint density at radius 3 is 1.25 bits per heavy atom. The van der Waals surface area contributed by atoms with E-state index in [0.29, 0.717) is 5.56 Å². The van der Waals surface area contributed by atoms with Gasteiger partial charge in [0.05, 0.1) is 50.0 Å². The van der Waals surface area contributed by atoms with Crippen molar-refractivity contribution in [3.8, 4) is 23.1 Å². The standard InChI is InChI=1S/C44H28N4/c1-28-35(27-45)43(47-36-22-10-5-17-30(36)31-18-6-11-23-37(31)47)44(48-38-24-12-7-19-32(38)33-20-8-13-25-39(33)48)41-34-21-9-14-26-40(34)46(42(28)41)29-15-3-2-4-16-29/h2-26H,1H3. The molecule has 224 valence electrons. The minimum Gasteiger partial charge on any atom is -0.309 e. The van der Waals surface area contributed by atoms with Crippen LogP contribution in [0.15, 0.2) is 152 Å². The van der Waals surface area contributed by atoms with E-state index in [2.05, 4.69) is 178 Å². The first-order valence-corrected chi connectivity index (χ1v) is 16.3. The number of hydrogen-bond acceptors (Lipinski definition) is 1. The number of hydrogen-bond donors (Lipinski definition) is 0. The number of nitriles is 1. The van der Waals surface area contributed by atoms with Crippen LogP contribution in [0, 0.1) is 18.3 Å². The van der Waals surface area contributed by atoms with Crippen molar-refractivity contribution in [2.75, 3.05) is 0 Å². The molecule has 0 atom stereocenters. The van der Waals surface area contributed by atoms with Crippen LogP contribution in [0.4, 0.5) is 0 Å². The fourth-order valence-corrected chi connectivity index (χ4v) is 8.11. The topological polar surface area (TPSA) is 38.6 Å². The predicted molar refractivity (Wildman–Crippen MR) is 199 cm³/mol. The molecule has 0 unspecified atom stereocenters. The average molecular weight is 613 g/mol. The first-order chi connectivity index (χ1) is 23.8. The summed E-state index contributed by atoms with van der Waals surface area (Å²) < 4.78 is 7.09. The van der Waals surface area contributed by atoms with E-state index in [9.17, 15) is 5.26 Å². The molecule has 3 heterocycles. The molecule has 48 heavy (non-hydrogen) atoms. The van der Waals surface area contributed by atoms with Gasteiger partial charge in [-0.2, -0.15) is 5.26 Å². The van der Waals surface area contributed by atoms with Gasteiger partial charge in [-0.1, -0.05) is 109 Å². The summed E-state index contributed by atoms with van der Waals surface area (Å²) >= 11 is 0. The zero-order valence-corrected chi connectivity index (χ0v) is 26.2. The van der Waals surface area contributed by atoms with Gasteiger partial charge in [0.1, 0.15) is 6.07 Å². The normalized spacial score (nSPS) is 11.8. The van der Waals surface area contributed by atoms with Crippen LogP contribution in [-0.2, 0) is 0 Å². The maximum atomic E-state index is 11.3. The maximum absolute atomic E-state index is 11.3. The maximum Gasteiger partial charge on any atom is 0.102 e. The number of para-hydroxylation sites is 6. The molecule has 0 aliphatic carbocycles. The second-order valence-corrected chi connectivity index (χ2v) is 12.5. The van der Waals surface area contributed by atoms with Gasteiger partial charge in [-0.05, 0) is 55.0 Å². The van der Waals surface area contributed by atoms with E-state index in [1.165, 1.54) is 10.8 Å². The Labute approximate surface area is 276 Å². The quantitative estimate of drug-likeness (QED) is 0.196. The monoisotopic (exact) mass is 612 g/mol. The highest BCUT2D eigenvalue weighted by molar-refractivity contribution is 6.20. The minimum atomic E-state index is 0.658. The van der Waals surface area contributed by atoms with Crippen LogP contribution >= 0.6 is 0 Å². The molecule has 0 saturated heterocycles. The molecule has 0 bridgehead atoms. The van der Waals surface area contributed by atoms with E-state index in [-0.39, 0.29) is 0 Å². The van der Waals surface area contributed by atoms with Crippen LogP contribution < -0.4 is 0 Å². The van der Waals surface area contributed by atoms with Gasteiger partial charge < -0.3 is 13.7 Å². The third-order valence-electron chi connectivity index (χ3n) is 10.0. The van der Waals surface area contributed by atoms with Gasteiger partial charge in [0, 0.05) is 38.0 Å². The largest absolute Gasteiger partial charge is 0.309 e. The van der Waals surface area contributed by atoms with Gasteiger partial charge in [0.15, 0.2) is 0 Å². The molecule has 0 fully saturated rings. The van der Waals surface area contributed by atoms with Crippen molar-refractivity contribution in [2.45, 2.75) is 6.92 Å². The molecule has 0 N–H and O–H groups in total. The third kappa shape index (κ3) is 3.42. The Kier molecular flexibility index (Phi) is 5.53. The van der Waals surface area contributed by atoms with Crippen molar-refractivity contribution in [1.29, 1.82) is 5.26 Å². The molecule has 4 heteroatoms. The van der Waals surface area contributed by atoms with Gasteiger partial charge in [-0.25, -0.2) is 0 Å². The summed E-state index contributed by atoms with van der Waals surface area (Å²) in [5, 5.41) is 18.3. The lowest BCUT2D eigenvalue weighted by Crippen LogP contribution is -2.09. The van der Waals surface area contributed by atoms with Gasteiger partial charge in [0.2, 0.25) is 0 Å². The van der Waals surface area contributed by atoms with Gasteiger partial charge in [0.25, 0.3) is 0 Å². The number of rotatable bonds is 3. The summed E-state index contributed by atoms with van der Waals surface area (Å²) in [5.74, 6) is 0. The van der Waals surface area contributed by atoms with E-state index >= 15 is 0 Å². The number of fused-ring (bicyclic) bond motifs is 9. The zero-order valence-electron chi connectivity index (χ0n) is 26.2. The molecule has 0 radical (unpaired) electrons. The number of aromatic nitrogens is 3. The van der Waals surface area contributed by atoms with Crippen molar-refractivity contribution in [1.82, 2.24) is 13.7 Å². The second kappa shape index (κ2) is 9.96. The van der Waals surface area contributed by atoms with Crippen LogP contribution in [0.2, 0.25) is 0 Å². The zero-order chi connectivity index (χ0) is 31.9. The molecule has 7 aromatic carbocycles. The summed E-state index contributed by atoms with van der Waals surface area (Å²) in [4.78, 5) is 0. The minimum absolute atomic E-state index is 0.658. The molecular weight excluding hydrogens is 585 g/mol. The van der Waals surface area contributed by atoms with Crippen LogP contribution in [0.25, 0.3) is 82.5 Å². The number of benzene rings is 7. The molecule has 0 spiro atoms. The van der Waals surface area contributed by atoms with Crippen LogP contribution in [0.5, 0.6) is 0 Å².